The summed E-state index contributed by atoms with van der Waals surface area (Å²) in [6.07, 6.45) is 2.63. The quantitative estimate of drug-likeness (QED) is 0.769. The number of hydrogen-bond donors (Lipinski definition) is 1. The van der Waals surface area contributed by atoms with Crippen LogP contribution in [0.25, 0.3) is 0 Å². The van der Waals surface area contributed by atoms with Crippen molar-refractivity contribution in [1.82, 2.24) is 10.3 Å². The van der Waals surface area contributed by atoms with Crippen molar-refractivity contribution in [2.45, 2.75) is 25.5 Å². The van der Waals surface area contributed by atoms with Crippen LogP contribution in [0.5, 0.6) is 5.88 Å². The molecule has 2 unspecified atom stereocenters. The highest BCUT2D eigenvalue weighted by Crippen LogP contribution is 2.23. The lowest BCUT2D eigenvalue weighted by atomic mass is 10.0. The lowest BCUT2D eigenvalue weighted by Gasteiger charge is -2.17. The van der Waals surface area contributed by atoms with Gasteiger partial charge in [-0.15, -0.1) is 0 Å². The summed E-state index contributed by atoms with van der Waals surface area (Å²) < 4.78 is 10.7. The largest absolute Gasteiger partial charge is 0.473 e. The molecule has 1 amide bonds. The molecule has 1 aromatic carbocycles. The van der Waals surface area contributed by atoms with E-state index in [-0.39, 0.29) is 12.0 Å². The van der Waals surface area contributed by atoms with Crippen LogP contribution < -0.4 is 10.1 Å². The molecule has 0 radical (unpaired) electrons. The fourth-order valence-corrected chi connectivity index (χ4v) is 3.86. The van der Waals surface area contributed by atoms with E-state index >= 15 is 0 Å². The Labute approximate surface area is 162 Å². The second kappa shape index (κ2) is 8.90. The number of thioether (sulfide) groups is 1. The Kier molecular flexibility index (Phi) is 6.34. The van der Waals surface area contributed by atoms with E-state index in [1.54, 1.807) is 24.3 Å². The van der Waals surface area contributed by atoms with Crippen LogP contribution in [0.1, 0.15) is 33.9 Å². The van der Waals surface area contributed by atoms with E-state index in [0.717, 1.165) is 23.5 Å². The van der Waals surface area contributed by atoms with Gasteiger partial charge in [0.25, 0.3) is 5.91 Å². The third-order valence-corrected chi connectivity index (χ3v) is 5.43. The number of carbonyl (C=O) groups is 2. The predicted octanol–water partition coefficient (Wildman–Crippen LogP) is 2.92. The molecule has 1 saturated heterocycles. The minimum atomic E-state index is -0.883. The minimum absolute atomic E-state index is 0.121. The van der Waals surface area contributed by atoms with Gasteiger partial charge in [-0.3, -0.25) is 4.79 Å². The van der Waals surface area contributed by atoms with Crippen molar-refractivity contribution >= 4 is 23.6 Å². The summed E-state index contributed by atoms with van der Waals surface area (Å²) >= 11 is 1.84. The van der Waals surface area contributed by atoms with Crippen LogP contribution in [0.3, 0.4) is 0 Å². The van der Waals surface area contributed by atoms with Gasteiger partial charge in [-0.25, -0.2) is 9.78 Å². The highest BCUT2D eigenvalue weighted by atomic mass is 32.2. The number of benzene rings is 1. The molecule has 0 saturated carbocycles. The first-order valence-electron chi connectivity index (χ1n) is 8.72. The molecule has 2 atom stereocenters. The number of aromatic nitrogens is 1. The van der Waals surface area contributed by atoms with Crippen molar-refractivity contribution in [3.8, 4) is 5.88 Å². The average Bonchev–Trinajstić information content (AvgIpc) is 3.19. The molecule has 27 heavy (non-hydrogen) atoms. The summed E-state index contributed by atoms with van der Waals surface area (Å²) in [6, 6.07) is 9.68. The maximum atomic E-state index is 12.7. The van der Waals surface area contributed by atoms with Crippen molar-refractivity contribution < 1.29 is 19.1 Å². The Morgan fingerprint density at radius 1 is 1.26 bits per heavy atom. The zero-order valence-electron chi connectivity index (χ0n) is 15.3. The summed E-state index contributed by atoms with van der Waals surface area (Å²) in [6.45, 7) is 1.96. The topological polar surface area (TPSA) is 77.5 Å². The van der Waals surface area contributed by atoms with Gasteiger partial charge in [-0.05, 0) is 30.7 Å². The third-order valence-electron chi connectivity index (χ3n) is 4.30. The summed E-state index contributed by atoms with van der Waals surface area (Å²) in [7, 11) is 1.30. The van der Waals surface area contributed by atoms with Crippen LogP contribution in [0.15, 0.2) is 42.6 Å². The van der Waals surface area contributed by atoms with Crippen LogP contribution in [0.2, 0.25) is 0 Å². The molecule has 1 fully saturated rings. The van der Waals surface area contributed by atoms with Gasteiger partial charge in [0.2, 0.25) is 5.88 Å². The lowest BCUT2D eigenvalue weighted by Crippen LogP contribution is -2.34. The molecule has 6 nitrogen and oxygen atoms in total. The summed E-state index contributed by atoms with van der Waals surface area (Å²) in [5, 5.41) is 2.74. The molecular formula is C20H22N2O4S. The number of nitrogens with zero attached hydrogens (tertiary/aromatic N) is 1. The number of methoxy groups -OCH3 is 1. The maximum absolute atomic E-state index is 12.7. The number of carbonyl (C=O) groups excluding carboxylic acids is 2. The fraction of sp³-hybridized carbons (Fsp3) is 0.350. The first-order valence-corrected chi connectivity index (χ1v) is 9.88. The number of rotatable bonds is 6. The molecule has 0 aliphatic carbocycles. The van der Waals surface area contributed by atoms with E-state index in [9.17, 15) is 9.59 Å². The van der Waals surface area contributed by atoms with Crippen molar-refractivity contribution in [2.24, 2.45) is 0 Å². The molecule has 0 bridgehead atoms. The Morgan fingerprint density at radius 3 is 2.70 bits per heavy atom. The number of pyridine rings is 1. The molecule has 142 valence electrons. The van der Waals surface area contributed by atoms with Gasteiger partial charge < -0.3 is 14.8 Å². The van der Waals surface area contributed by atoms with Gasteiger partial charge in [0.15, 0.2) is 6.04 Å². The van der Waals surface area contributed by atoms with E-state index in [0.29, 0.717) is 17.0 Å². The smallest absolute Gasteiger partial charge is 0.333 e. The van der Waals surface area contributed by atoms with Gasteiger partial charge in [-0.1, -0.05) is 29.8 Å². The zero-order chi connectivity index (χ0) is 19.2. The van der Waals surface area contributed by atoms with Gasteiger partial charge in [0, 0.05) is 23.6 Å². The average molecular weight is 386 g/mol. The van der Waals surface area contributed by atoms with Gasteiger partial charge in [0.1, 0.15) is 6.10 Å². The third kappa shape index (κ3) is 5.01. The molecule has 7 heteroatoms. The number of aryl methyl sites for hydroxylation is 1. The van der Waals surface area contributed by atoms with Gasteiger partial charge in [0.05, 0.1) is 7.11 Å². The van der Waals surface area contributed by atoms with Gasteiger partial charge >= 0.3 is 5.97 Å². The van der Waals surface area contributed by atoms with Crippen molar-refractivity contribution in [3.05, 3.63) is 59.3 Å². The van der Waals surface area contributed by atoms with Crippen molar-refractivity contribution in [3.63, 3.8) is 0 Å². The Hall–Kier alpha value is -2.54. The number of esters is 1. The van der Waals surface area contributed by atoms with Gasteiger partial charge in [-0.2, -0.15) is 11.8 Å². The molecule has 3 rings (SSSR count). The Morgan fingerprint density at radius 2 is 2.04 bits per heavy atom. The van der Waals surface area contributed by atoms with E-state index in [2.05, 4.69) is 10.3 Å². The number of amides is 1. The SMILES string of the molecule is COC(=O)C(NC(=O)c1ccnc(OC2CCSC2)c1)c1ccc(C)cc1. The van der Waals surface area contributed by atoms with Crippen molar-refractivity contribution in [2.75, 3.05) is 18.6 Å². The van der Waals surface area contributed by atoms with E-state index < -0.39 is 12.0 Å². The van der Waals surface area contributed by atoms with Crippen molar-refractivity contribution in [1.29, 1.82) is 0 Å². The first kappa shape index (κ1) is 19.2. The summed E-state index contributed by atoms with van der Waals surface area (Å²) in [4.78, 5) is 29.1. The molecule has 1 aliphatic heterocycles. The molecule has 1 N–H and O–H groups in total. The van der Waals surface area contributed by atoms with Crippen LogP contribution >= 0.6 is 11.8 Å². The monoisotopic (exact) mass is 386 g/mol. The molecular weight excluding hydrogens is 364 g/mol. The molecule has 2 heterocycles. The fourth-order valence-electron chi connectivity index (χ4n) is 2.76. The van der Waals surface area contributed by atoms with Crippen LogP contribution in [-0.2, 0) is 9.53 Å². The predicted molar refractivity (Wildman–Crippen MR) is 104 cm³/mol. The second-order valence-electron chi connectivity index (χ2n) is 6.33. The number of ether oxygens (including phenoxy) is 2. The molecule has 0 spiro atoms. The van der Waals surface area contributed by atoms with E-state index in [1.165, 1.54) is 13.3 Å². The Bertz CT molecular complexity index is 804. The second-order valence-corrected chi connectivity index (χ2v) is 7.48. The molecule has 2 aromatic rings. The standard InChI is InChI=1S/C20H22N2O4S/c1-13-3-5-14(6-4-13)18(20(24)25-2)22-19(23)15-7-9-21-17(11-15)26-16-8-10-27-12-16/h3-7,9,11,16,18H,8,10,12H2,1-2H3,(H,22,23). The molecule has 1 aliphatic rings. The number of nitrogens with one attached hydrogen (secondary N) is 1. The Balaban J connectivity index is 1.75. The first-order chi connectivity index (χ1) is 13.1. The highest BCUT2D eigenvalue weighted by molar-refractivity contribution is 7.99. The summed E-state index contributed by atoms with van der Waals surface area (Å²) in [5.41, 5.74) is 2.11. The molecule has 1 aromatic heterocycles. The lowest BCUT2D eigenvalue weighted by molar-refractivity contribution is -0.143. The zero-order valence-corrected chi connectivity index (χ0v) is 16.1. The van der Waals surface area contributed by atoms with Crippen LogP contribution in [0.4, 0.5) is 0 Å². The maximum Gasteiger partial charge on any atom is 0.333 e. The number of hydrogen-bond acceptors (Lipinski definition) is 6. The van der Waals surface area contributed by atoms with Crippen LogP contribution in [0, 0.1) is 6.92 Å². The van der Waals surface area contributed by atoms with Crippen LogP contribution in [-0.4, -0.2) is 41.6 Å². The summed E-state index contributed by atoms with van der Waals surface area (Å²) in [5.74, 6) is 1.50. The highest BCUT2D eigenvalue weighted by Gasteiger charge is 2.25. The normalized spacial score (nSPS) is 17.2. The van der Waals surface area contributed by atoms with E-state index in [1.807, 2.05) is 30.8 Å². The van der Waals surface area contributed by atoms with E-state index in [4.69, 9.17) is 9.47 Å². The minimum Gasteiger partial charge on any atom is -0.473 e.